The van der Waals surface area contributed by atoms with Gasteiger partial charge in [-0.3, -0.25) is 4.79 Å². The first kappa shape index (κ1) is 17.7. The lowest BCUT2D eigenvalue weighted by atomic mass is 10.3. The van der Waals surface area contributed by atoms with E-state index in [2.05, 4.69) is 20.4 Å². The number of carbonyl (C=O) groups excluding carboxylic acids is 1. The molecular formula is C19H17N5OS2. The summed E-state index contributed by atoms with van der Waals surface area (Å²) in [7, 11) is 0. The van der Waals surface area contributed by atoms with E-state index in [1.54, 1.807) is 27.6 Å². The number of aromatic nitrogens is 4. The quantitative estimate of drug-likeness (QED) is 0.514. The Balaban J connectivity index is 1.63. The Morgan fingerprint density at radius 3 is 2.89 bits per heavy atom. The van der Waals surface area contributed by atoms with Crippen LogP contribution in [-0.4, -0.2) is 25.5 Å². The number of rotatable bonds is 5. The minimum atomic E-state index is -0.0287. The molecule has 0 aliphatic carbocycles. The molecule has 1 amide bonds. The molecule has 3 heterocycles. The minimum Gasteiger partial charge on any atom is -0.325 e. The van der Waals surface area contributed by atoms with E-state index in [1.165, 1.54) is 6.33 Å². The third-order valence-corrected chi connectivity index (χ3v) is 6.26. The molecule has 0 fully saturated rings. The molecule has 136 valence electrons. The fourth-order valence-corrected chi connectivity index (χ4v) is 4.45. The third-order valence-electron chi connectivity index (χ3n) is 4.14. The summed E-state index contributed by atoms with van der Waals surface area (Å²) in [6.07, 6.45) is 1.87. The second-order valence-electron chi connectivity index (χ2n) is 6.00. The molecule has 0 saturated heterocycles. The molecule has 1 N–H and O–H groups in total. The van der Waals surface area contributed by atoms with Crippen LogP contribution >= 0.6 is 23.1 Å². The summed E-state index contributed by atoms with van der Waals surface area (Å²) in [5, 5.41) is 10.2. The number of aryl methyl sites for hydroxylation is 1. The Hall–Kier alpha value is -2.71. The van der Waals surface area contributed by atoms with Crippen molar-refractivity contribution in [3.63, 3.8) is 0 Å². The highest BCUT2D eigenvalue weighted by atomic mass is 32.2. The van der Waals surface area contributed by atoms with Crippen molar-refractivity contribution in [3.05, 3.63) is 64.2 Å². The Morgan fingerprint density at radius 2 is 2.07 bits per heavy atom. The van der Waals surface area contributed by atoms with E-state index in [-0.39, 0.29) is 5.91 Å². The highest BCUT2D eigenvalue weighted by Gasteiger charge is 2.15. The number of nitrogens with zero attached hydrogens (tertiary/aromatic N) is 4. The highest BCUT2D eigenvalue weighted by molar-refractivity contribution is 7.99. The molecule has 0 atom stereocenters. The van der Waals surface area contributed by atoms with Crippen LogP contribution in [-0.2, 0) is 11.2 Å². The fourth-order valence-electron chi connectivity index (χ4n) is 2.65. The summed E-state index contributed by atoms with van der Waals surface area (Å²) in [5.41, 5.74) is 2.74. The van der Waals surface area contributed by atoms with Crippen molar-refractivity contribution < 1.29 is 4.79 Å². The topological polar surface area (TPSA) is 72.2 Å². The first-order valence-corrected chi connectivity index (χ1v) is 10.1. The van der Waals surface area contributed by atoms with E-state index in [0.29, 0.717) is 12.2 Å². The van der Waals surface area contributed by atoms with Crippen LogP contribution in [0.1, 0.15) is 16.1 Å². The molecule has 0 bridgehead atoms. The van der Waals surface area contributed by atoms with Crippen LogP contribution in [0.4, 0.5) is 5.69 Å². The largest absolute Gasteiger partial charge is 0.325 e. The van der Waals surface area contributed by atoms with Crippen molar-refractivity contribution in [1.82, 2.24) is 19.6 Å². The summed E-state index contributed by atoms with van der Waals surface area (Å²) >= 11 is 3.13. The molecule has 0 radical (unpaired) electrons. The first-order valence-electron chi connectivity index (χ1n) is 8.38. The Labute approximate surface area is 164 Å². The van der Waals surface area contributed by atoms with Gasteiger partial charge in [-0.25, -0.2) is 4.98 Å². The third kappa shape index (κ3) is 3.72. The van der Waals surface area contributed by atoms with Gasteiger partial charge in [0.05, 0.1) is 12.1 Å². The van der Waals surface area contributed by atoms with Crippen molar-refractivity contribution >= 4 is 40.5 Å². The minimum absolute atomic E-state index is 0.0287. The molecule has 4 rings (SSSR count). The number of para-hydroxylation sites is 1. The molecule has 8 heteroatoms. The smallest absolute Gasteiger partial charge is 0.253 e. The zero-order valence-electron chi connectivity index (χ0n) is 14.8. The lowest BCUT2D eigenvalue weighted by Gasteiger charge is -2.13. The molecule has 6 nitrogen and oxygen atoms in total. The van der Waals surface area contributed by atoms with E-state index in [1.807, 2.05) is 55.6 Å². The van der Waals surface area contributed by atoms with Crippen LogP contribution in [0.3, 0.4) is 0 Å². The Bertz CT molecular complexity index is 1100. The van der Waals surface area contributed by atoms with Crippen LogP contribution in [0.5, 0.6) is 0 Å². The van der Waals surface area contributed by atoms with E-state index >= 15 is 0 Å². The maximum atomic E-state index is 12.4. The van der Waals surface area contributed by atoms with Crippen molar-refractivity contribution in [2.75, 3.05) is 5.32 Å². The van der Waals surface area contributed by atoms with Crippen LogP contribution in [0, 0.1) is 13.8 Å². The number of carbonyl (C=O) groups is 1. The molecule has 3 aromatic heterocycles. The molecule has 0 saturated carbocycles. The average molecular weight is 396 g/mol. The molecule has 27 heavy (non-hydrogen) atoms. The molecule has 0 unspecified atom stereocenters. The number of amides is 1. The number of benzene rings is 1. The van der Waals surface area contributed by atoms with E-state index in [4.69, 9.17) is 0 Å². The number of thiophene rings is 1. The standard InChI is InChI=1S/C19H17N5OS2/c1-12-13(2)22-19-20-11-21-24(19)18(12)27-16-8-4-3-7-15(16)23-17(25)10-14-6-5-9-26-14/h3-9,11H,10H2,1-2H3,(H,23,25). The van der Waals surface area contributed by atoms with Gasteiger partial charge in [0.1, 0.15) is 11.4 Å². The number of hydrogen-bond donors (Lipinski definition) is 1. The van der Waals surface area contributed by atoms with Crippen molar-refractivity contribution in [2.24, 2.45) is 0 Å². The van der Waals surface area contributed by atoms with E-state index in [9.17, 15) is 4.79 Å². The van der Waals surface area contributed by atoms with Crippen LogP contribution in [0.15, 0.2) is 58.0 Å². The van der Waals surface area contributed by atoms with Crippen molar-refractivity contribution in [2.45, 2.75) is 30.2 Å². The molecule has 0 spiro atoms. The fraction of sp³-hybridized carbons (Fsp3) is 0.158. The predicted molar refractivity (Wildman–Crippen MR) is 107 cm³/mol. The molecule has 0 aliphatic heterocycles. The molecular weight excluding hydrogens is 378 g/mol. The predicted octanol–water partition coefficient (Wildman–Crippen LogP) is 4.14. The van der Waals surface area contributed by atoms with Gasteiger partial charge < -0.3 is 5.32 Å². The normalized spacial score (nSPS) is 11.0. The highest BCUT2D eigenvalue weighted by Crippen LogP contribution is 2.35. The van der Waals surface area contributed by atoms with Crippen LogP contribution in [0.25, 0.3) is 5.78 Å². The Kier molecular flexibility index (Phi) is 4.91. The number of fused-ring (bicyclic) bond motifs is 1. The second kappa shape index (κ2) is 7.50. The van der Waals surface area contributed by atoms with Crippen LogP contribution in [0.2, 0.25) is 0 Å². The lowest BCUT2D eigenvalue weighted by molar-refractivity contribution is -0.115. The summed E-state index contributed by atoms with van der Waals surface area (Å²) < 4.78 is 1.73. The van der Waals surface area contributed by atoms with Gasteiger partial charge >= 0.3 is 0 Å². The molecule has 0 aliphatic rings. The van der Waals surface area contributed by atoms with Crippen LogP contribution < -0.4 is 5.32 Å². The Morgan fingerprint density at radius 1 is 1.22 bits per heavy atom. The zero-order chi connectivity index (χ0) is 18.8. The zero-order valence-corrected chi connectivity index (χ0v) is 16.5. The van der Waals surface area contributed by atoms with E-state index < -0.39 is 0 Å². The summed E-state index contributed by atoms with van der Waals surface area (Å²) in [4.78, 5) is 23.1. The summed E-state index contributed by atoms with van der Waals surface area (Å²) in [6.45, 7) is 3.98. The number of anilines is 1. The summed E-state index contributed by atoms with van der Waals surface area (Å²) in [5.74, 6) is 0.541. The maximum Gasteiger partial charge on any atom is 0.253 e. The van der Waals surface area contributed by atoms with Crippen molar-refractivity contribution in [1.29, 1.82) is 0 Å². The van der Waals surface area contributed by atoms with Gasteiger partial charge in [-0.2, -0.15) is 14.6 Å². The molecule has 1 aromatic carbocycles. The van der Waals surface area contributed by atoms with E-state index in [0.717, 1.165) is 31.7 Å². The monoisotopic (exact) mass is 395 g/mol. The van der Waals surface area contributed by atoms with Crippen molar-refractivity contribution in [3.8, 4) is 0 Å². The van der Waals surface area contributed by atoms with Gasteiger partial charge in [0.25, 0.3) is 5.78 Å². The lowest BCUT2D eigenvalue weighted by Crippen LogP contribution is -2.14. The van der Waals surface area contributed by atoms with Gasteiger partial charge in [-0.15, -0.1) is 11.3 Å². The van der Waals surface area contributed by atoms with Gasteiger partial charge in [-0.05, 0) is 37.4 Å². The molecule has 4 aromatic rings. The number of hydrogen-bond acceptors (Lipinski definition) is 6. The maximum absolute atomic E-state index is 12.4. The van der Waals surface area contributed by atoms with Gasteiger partial charge in [0.2, 0.25) is 5.91 Å². The first-order chi connectivity index (χ1) is 13.1. The second-order valence-corrected chi connectivity index (χ2v) is 8.06. The SMILES string of the molecule is Cc1nc2ncnn2c(Sc2ccccc2NC(=O)Cc2cccs2)c1C. The van der Waals surface area contributed by atoms with Gasteiger partial charge in [-0.1, -0.05) is 30.0 Å². The average Bonchev–Trinajstić information content (AvgIpc) is 3.32. The summed E-state index contributed by atoms with van der Waals surface area (Å²) in [6, 6.07) is 11.7. The number of nitrogens with one attached hydrogen (secondary N) is 1. The van der Waals surface area contributed by atoms with Gasteiger partial charge in [0, 0.05) is 21.0 Å². The van der Waals surface area contributed by atoms with Gasteiger partial charge in [0.15, 0.2) is 0 Å².